The number of benzene rings is 2. The number of hydroxylamine groups is 2. The molecule has 1 N–H and O–H groups in total. The fraction of sp³-hybridized carbons (Fsp3) is 0.585. The van der Waals surface area contributed by atoms with Crippen molar-refractivity contribution in [2.24, 2.45) is 11.8 Å². The van der Waals surface area contributed by atoms with Crippen LogP contribution in [0.1, 0.15) is 102 Å². The number of nitrogens with one attached hydrogen (secondary N) is 1. The summed E-state index contributed by atoms with van der Waals surface area (Å²) in [4.78, 5) is 45.6. The highest BCUT2D eigenvalue weighted by Gasteiger charge is 2.57. The Kier molecular flexibility index (Phi) is 9.79. The quantitative estimate of drug-likeness (QED) is 0.304. The summed E-state index contributed by atoms with van der Waals surface area (Å²) in [7, 11) is 4.62. The van der Waals surface area contributed by atoms with E-state index in [0.29, 0.717) is 60.1 Å². The zero-order valence-corrected chi connectivity index (χ0v) is 32.5. The van der Waals surface area contributed by atoms with Crippen LogP contribution >= 0.6 is 0 Å². The first kappa shape index (κ1) is 37.8. The largest absolute Gasteiger partial charge is 0.493 e. The maximum atomic E-state index is 15.3. The first-order valence-electron chi connectivity index (χ1n) is 19.0. The van der Waals surface area contributed by atoms with E-state index in [1.54, 1.807) is 52.9 Å². The minimum Gasteiger partial charge on any atom is -0.493 e. The summed E-state index contributed by atoms with van der Waals surface area (Å²) in [5, 5.41) is 17.8. The molecule has 7 rings (SSSR count). The Balaban J connectivity index is 1.34. The van der Waals surface area contributed by atoms with E-state index >= 15 is 4.79 Å². The van der Waals surface area contributed by atoms with E-state index in [1.165, 1.54) is 7.11 Å². The van der Waals surface area contributed by atoms with E-state index < -0.39 is 40.4 Å². The molecule has 0 spiro atoms. The second-order valence-electron chi connectivity index (χ2n) is 16.2. The summed E-state index contributed by atoms with van der Waals surface area (Å²) in [6.45, 7) is 9.59. The number of hydrogen-bond donors (Lipinski definition) is 1. The number of hydrogen-bond acceptors (Lipinski definition) is 10. The van der Waals surface area contributed by atoms with E-state index in [2.05, 4.69) is 5.32 Å². The molecule has 1 radical (unpaired) electrons. The summed E-state index contributed by atoms with van der Waals surface area (Å²) in [5.74, 6) is -0.236. The molecule has 13 nitrogen and oxygen atoms in total. The summed E-state index contributed by atoms with van der Waals surface area (Å²) < 4.78 is 34.5. The molecule has 2 aromatic rings. The maximum absolute atomic E-state index is 15.3. The van der Waals surface area contributed by atoms with Crippen molar-refractivity contribution in [3.63, 3.8) is 0 Å². The van der Waals surface area contributed by atoms with Crippen LogP contribution in [-0.4, -0.2) is 85.6 Å². The van der Waals surface area contributed by atoms with Crippen LogP contribution in [0.25, 0.3) is 0 Å². The predicted molar refractivity (Wildman–Crippen MR) is 196 cm³/mol. The minimum absolute atomic E-state index is 0.0417. The normalized spacial score (nSPS) is 25.9. The highest BCUT2D eigenvalue weighted by molar-refractivity contribution is 6.01. The molecule has 2 aromatic carbocycles. The topological polar surface area (TPSA) is 145 Å². The number of cyclic esters (lactones) is 1. The fourth-order valence-corrected chi connectivity index (χ4v) is 9.68. The SMILES string of the molecule is CCCN(C(=O)C1=CC(C)(C)N([O])C1(C)C)C1(C(=O)N[C@@H]2c3cc4c(cc3[C@@H](c3cc(OC)c(OC)c(OC)c3)[C@H]3C(=O)OC[C@@H]32)OCO4)CCCCC1. The fourth-order valence-electron chi connectivity index (χ4n) is 9.68. The highest BCUT2D eigenvalue weighted by atomic mass is 16.7. The molecule has 4 atom stereocenters. The molecule has 3 aliphatic heterocycles. The Morgan fingerprint density at radius 1 is 0.907 bits per heavy atom. The van der Waals surface area contributed by atoms with Crippen molar-refractivity contribution >= 4 is 17.8 Å². The number of esters is 1. The van der Waals surface area contributed by atoms with Gasteiger partial charge in [-0.15, -0.1) is 10.3 Å². The lowest BCUT2D eigenvalue weighted by Gasteiger charge is -2.48. The molecule has 2 amide bonds. The molecule has 0 unspecified atom stereocenters. The number of rotatable bonds is 10. The molecule has 1 saturated heterocycles. The Labute approximate surface area is 316 Å². The number of nitrogens with zero attached hydrogens (tertiary/aromatic N) is 2. The van der Waals surface area contributed by atoms with Crippen molar-refractivity contribution in [3.05, 3.63) is 52.6 Å². The summed E-state index contributed by atoms with van der Waals surface area (Å²) in [6.07, 6.45) is 5.80. The molecule has 291 valence electrons. The lowest BCUT2D eigenvalue weighted by Crippen LogP contribution is -2.64. The number of ether oxygens (including phenoxy) is 6. The van der Waals surface area contributed by atoms with Gasteiger partial charge in [0.2, 0.25) is 18.4 Å². The molecule has 2 aliphatic carbocycles. The molecule has 0 bridgehead atoms. The standard InChI is InChI=1S/C41H52N3O10/c1-9-15-43(36(45)27-20-39(2,3)44(48)40(27,4)5)41(13-11-10-12-14-41)38(47)42-34-25-19-29-28(53-22-54-29)18-24(25)32(33-26(34)21-52-37(33)46)23-16-30(49-6)35(51-8)31(17-23)50-7/h16-20,26,32-34H,9-15,21-22H2,1-8H3,(H,42,47)/t26-,32+,33-,34+/m0/s1. The van der Waals surface area contributed by atoms with Gasteiger partial charge in [0.25, 0.3) is 5.91 Å². The van der Waals surface area contributed by atoms with Gasteiger partial charge in [-0.2, -0.15) is 0 Å². The van der Waals surface area contributed by atoms with Gasteiger partial charge in [-0.05, 0) is 87.9 Å². The third-order valence-corrected chi connectivity index (χ3v) is 12.3. The number of amides is 2. The van der Waals surface area contributed by atoms with Gasteiger partial charge in [0.15, 0.2) is 23.0 Å². The third kappa shape index (κ3) is 5.85. The minimum atomic E-state index is -1.17. The molecule has 13 heteroatoms. The lowest BCUT2D eigenvalue weighted by atomic mass is 9.65. The van der Waals surface area contributed by atoms with Crippen LogP contribution in [0.3, 0.4) is 0 Å². The first-order chi connectivity index (χ1) is 25.7. The van der Waals surface area contributed by atoms with Gasteiger partial charge < -0.3 is 38.6 Å². The smallest absolute Gasteiger partial charge is 0.310 e. The van der Waals surface area contributed by atoms with E-state index in [9.17, 15) is 14.8 Å². The first-order valence-corrected chi connectivity index (χ1v) is 19.0. The van der Waals surface area contributed by atoms with Gasteiger partial charge >= 0.3 is 5.97 Å². The van der Waals surface area contributed by atoms with Crippen LogP contribution in [0.15, 0.2) is 35.9 Å². The van der Waals surface area contributed by atoms with Gasteiger partial charge in [-0.25, -0.2) is 0 Å². The van der Waals surface area contributed by atoms with Crippen molar-refractivity contribution in [1.29, 1.82) is 0 Å². The van der Waals surface area contributed by atoms with Crippen molar-refractivity contribution in [1.82, 2.24) is 15.3 Å². The maximum Gasteiger partial charge on any atom is 0.310 e. The summed E-state index contributed by atoms with van der Waals surface area (Å²) >= 11 is 0. The number of carbonyl (C=O) groups is 3. The van der Waals surface area contributed by atoms with Crippen LogP contribution in [0.4, 0.5) is 0 Å². The monoisotopic (exact) mass is 746 g/mol. The van der Waals surface area contributed by atoms with E-state index in [1.807, 2.05) is 31.2 Å². The zero-order chi connectivity index (χ0) is 38.7. The van der Waals surface area contributed by atoms with Crippen molar-refractivity contribution in [3.8, 4) is 28.7 Å². The number of fused-ring (bicyclic) bond motifs is 3. The Morgan fingerprint density at radius 2 is 1.54 bits per heavy atom. The van der Waals surface area contributed by atoms with E-state index in [4.69, 9.17) is 28.4 Å². The molecule has 1 saturated carbocycles. The molecular formula is C41H52N3O10. The van der Waals surface area contributed by atoms with Gasteiger partial charge in [-0.1, -0.05) is 32.3 Å². The summed E-state index contributed by atoms with van der Waals surface area (Å²) in [6, 6.07) is 6.81. The third-order valence-electron chi connectivity index (χ3n) is 12.3. The Hall–Kier alpha value is -4.49. The second-order valence-corrected chi connectivity index (χ2v) is 16.2. The van der Waals surface area contributed by atoms with Crippen LogP contribution in [0, 0.1) is 11.8 Å². The van der Waals surface area contributed by atoms with Crippen molar-refractivity contribution in [2.45, 2.75) is 102 Å². The lowest BCUT2D eigenvalue weighted by molar-refractivity contribution is -0.238. The second kappa shape index (κ2) is 14.0. The van der Waals surface area contributed by atoms with Gasteiger partial charge in [0.05, 0.1) is 51.0 Å². The predicted octanol–water partition coefficient (Wildman–Crippen LogP) is 5.62. The average molecular weight is 747 g/mol. The molecule has 5 aliphatic rings. The Bertz CT molecular complexity index is 1840. The van der Waals surface area contributed by atoms with Crippen LogP contribution in [0.5, 0.6) is 28.7 Å². The highest BCUT2D eigenvalue weighted by Crippen LogP contribution is 2.56. The molecular weight excluding hydrogens is 694 g/mol. The molecule has 0 aromatic heterocycles. The summed E-state index contributed by atoms with van der Waals surface area (Å²) in [5.41, 5.74) is -0.458. The van der Waals surface area contributed by atoms with E-state index in [0.717, 1.165) is 41.0 Å². The molecule has 3 heterocycles. The van der Waals surface area contributed by atoms with Crippen molar-refractivity contribution < 1.29 is 48.0 Å². The molecule has 54 heavy (non-hydrogen) atoms. The Morgan fingerprint density at radius 3 is 2.09 bits per heavy atom. The van der Waals surface area contributed by atoms with Gasteiger partial charge in [0, 0.05) is 24.0 Å². The van der Waals surface area contributed by atoms with Crippen LogP contribution in [-0.2, 0) is 24.3 Å². The van der Waals surface area contributed by atoms with Gasteiger partial charge in [-0.3, -0.25) is 14.4 Å². The number of methoxy groups -OCH3 is 3. The zero-order valence-electron chi connectivity index (χ0n) is 32.5. The van der Waals surface area contributed by atoms with Crippen molar-refractivity contribution in [2.75, 3.05) is 41.3 Å². The molecule has 2 fully saturated rings. The van der Waals surface area contributed by atoms with Gasteiger partial charge in [0.1, 0.15) is 5.54 Å². The van der Waals surface area contributed by atoms with Crippen LogP contribution < -0.4 is 29.0 Å². The van der Waals surface area contributed by atoms with E-state index in [-0.39, 0.29) is 31.2 Å². The number of carbonyl (C=O) groups excluding carboxylic acids is 3. The average Bonchev–Trinajstić information content (AvgIpc) is 3.83. The van der Waals surface area contributed by atoms with Crippen LogP contribution in [0.2, 0.25) is 0 Å².